The van der Waals surface area contributed by atoms with Gasteiger partial charge in [0.05, 0.1) is 6.20 Å². The summed E-state index contributed by atoms with van der Waals surface area (Å²) >= 11 is 1.26. The standard InChI is InChI=1S/C28H29N3O2S.ClH/c1-19(23-13-7-11-20-10-5-6-12-24(20)23)29-16-22-14-15-31(28-30-17-26(34-28)27(32)33)18-25(22)21-8-3-2-4-9-21;/h2-13,17,19,22,25,29H,14-16,18H2,1H3,(H,32,33);1H/t19-,22?,25?;/m1./s1. The Balaban J connectivity index is 0.00000289. The molecule has 3 atom stereocenters. The van der Waals surface area contributed by atoms with E-state index in [0.29, 0.717) is 16.7 Å². The summed E-state index contributed by atoms with van der Waals surface area (Å²) in [5.74, 6) is -0.0841. The van der Waals surface area contributed by atoms with Crippen molar-refractivity contribution in [2.45, 2.75) is 25.3 Å². The fraction of sp³-hybridized carbons (Fsp3) is 0.286. The third kappa shape index (κ3) is 5.50. The topological polar surface area (TPSA) is 65.5 Å². The first-order valence-electron chi connectivity index (χ1n) is 11.8. The lowest BCUT2D eigenvalue weighted by atomic mass is 9.80. The van der Waals surface area contributed by atoms with E-state index in [1.54, 1.807) is 0 Å². The predicted octanol–water partition coefficient (Wildman–Crippen LogP) is 6.38. The van der Waals surface area contributed by atoms with Crippen LogP contribution in [0.3, 0.4) is 0 Å². The summed E-state index contributed by atoms with van der Waals surface area (Å²) in [4.78, 5) is 18.3. The first kappa shape index (κ1) is 25.2. The van der Waals surface area contributed by atoms with Crippen LogP contribution >= 0.6 is 23.7 Å². The molecule has 1 aliphatic rings. The van der Waals surface area contributed by atoms with Crippen LogP contribution in [0.1, 0.15) is 46.1 Å². The third-order valence-corrected chi connectivity index (χ3v) is 7.98. The maximum atomic E-state index is 11.3. The number of anilines is 1. The van der Waals surface area contributed by atoms with Gasteiger partial charge < -0.3 is 15.3 Å². The molecule has 0 bridgehead atoms. The SMILES string of the molecule is C[C@@H](NCC1CCN(c2ncc(C(=O)O)s2)CC1c1ccccc1)c1cccc2ccccc12.Cl. The van der Waals surface area contributed by atoms with Crippen molar-refractivity contribution >= 4 is 45.6 Å². The quantitative estimate of drug-likeness (QED) is 0.304. The number of aromatic carboxylic acids is 1. The van der Waals surface area contributed by atoms with Crippen LogP contribution in [0.2, 0.25) is 0 Å². The Morgan fingerprint density at radius 3 is 2.63 bits per heavy atom. The van der Waals surface area contributed by atoms with Crippen LogP contribution in [0.15, 0.2) is 79.0 Å². The second kappa shape index (κ2) is 11.2. The molecule has 1 aliphatic heterocycles. The van der Waals surface area contributed by atoms with Crippen molar-refractivity contribution in [3.8, 4) is 0 Å². The normalized spacial score (nSPS) is 18.7. The van der Waals surface area contributed by atoms with Gasteiger partial charge in [-0.3, -0.25) is 0 Å². The molecule has 2 heterocycles. The Labute approximate surface area is 216 Å². The number of hydrogen-bond donors (Lipinski definition) is 2. The van der Waals surface area contributed by atoms with Crippen molar-refractivity contribution in [3.63, 3.8) is 0 Å². The molecule has 182 valence electrons. The lowest BCUT2D eigenvalue weighted by molar-refractivity contribution is 0.0702. The maximum absolute atomic E-state index is 11.3. The Hall–Kier alpha value is -2.93. The zero-order chi connectivity index (χ0) is 23.5. The molecular formula is C28H30ClN3O2S. The number of nitrogens with zero attached hydrogens (tertiary/aromatic N) is 2. The number of carboxylic acids is 1. The summed E-state index contributed by atoms with van der Waals surface area (Å²) in [5.41, 5.74) is 2.66. The minimum atomic E-state index is -0.912. The number of hydrogen-bond acceptors (Lipinski definition) is 5. The highest BCUT2D eigenvalue weighted by molar-refractivity contribution is 7.17. The second-order valence-electron chi connectivity index (χ2n) is 9.02. The zero-order valence-electron chi connectivity index (χ0n) is 19.6. The lowest BCUT2D eigenvalue weighted by Gasteiger charge is -2.39. The van der Waals surface area contributed by atoms with Crippen molar-refractivity contribution in [1.29, 1.82) is 0 Å². The third-order valence-electron chi connectivity index (χ3n) is 6.93. The Bertz CT molecular complexity index is 1270. The number of rotatable bonds is 7. The minimum absolute atomic E-state index is 0. The molecule has 3 aromatic carbocycles. The fourth-order valence-electron chi connectivity index (χ4n) is 5.07. The van der Waals surface area contributed by atoms with E-state index < -0.39 is 5.97 Å². The Morgan fingerprint density at radius 1 is 1.11 bits per heavy atom. The molecule has 5 nitrogen and oxygen atoms in total. The molecule has 2 unspecified atom stereocenters. The summed E-state index contributed by atoms with van der Waals surface area (Å²) in [6.45, 7) is 4.89. The van der Waals surface area contributed by atoms with Gasteiger partial charge in [0.25, 0.3) is 0 Å². The first-order valence-corrected chi connectivity index (χ1v) is 12.6. The molecule has 0 saturated carbocycles. The van der Waals surface area contributed by atoms with Crippen molar-refractivity contribution < 1.29 is 9.90 Å². The number of piperidine rings is 1. The summed E-state index contributed by atoms with van der Waals surface area (Å²) < 4.78 is 0. The van der Waals surface area contributed by atoms with Gasteiger partial charge in [-0.05, 0) is 47.7 Å². The fourth-order valence-corrected chi connectivity index (χ4v) is 5.86. The van der Waals surface area contributed by atoms with Gasteiger partial charge >= 0.3 is 5.97 Å². The van der Waals surface area contributed by atoms with E-state index in [-0.39, 0.29) is 18.4 Å². The Kier molecular flexibility index (Phi) is 8.06. The predicted molar refractivity (Wildman–Crippen MR) is 146 cm³/mol. The molecule has 0 radical (unpaired) electrons. The van der Waals surface area contributed by atoms with Crippen LogP contribution in [0.5, 0.6) is 0 Å². The van der Waals surface area contributed by atoms with Gasteiger partial charge in [-0.2, -0.15) is 0 Å². The highest BCUT2D eigenvalue weighted by Crippen LogP contribution is 2.36. The highest BCUT2D eigenvalue weighted by Gasteiger charge is 2.32. The van der Waals surface area contributed by atoms with Crippen LogP contribution in [0.25, 0.3) is 10.8 Å². The number of carboxylic acid groups (broad SMARTS) is 1. The first-order chi connectivity index (χ1) is 16.6. The summed E-state index contributed by atoms with van der Waals surface area (Å²) in [6, 6.07) is 26.0. The van der Waals surface area contributed by atoms with E-state index in [1.807, 2.05) is 0 Å². The van der Waals surface area contributed by atoms with E-state index >= 15 is 0 Å². The number of aromatic nitrogens is 1. The summed E-state index contributed by atoms with van der Waals surface area (Å²) in [7, 11) is 0. The van der Waals surface area contributed by atoms with E-state index in [9.17, 15) is 9.90 Å². The monoisotopic (exact) mass is 507 g/mol. The van der Waals surface area contributed by atoms with Crippen molar-refractivity contribution in [1.82, 2.24) is 10.3 Å². The molecule has 0 amide bonds. The number of halogens is 1. The average molecular weight is 508 g/mol. The molecule has 4 aromatic rings. The molecule has 1 saturated heterocycles. The zero-order valence-corrected chi connectivity index (χ0v) is 21.3. The van der Waals surface area contributed by atoms with E-state index in [0.717, 1.165) is 31.2 Å². The molecule has 7 heteroatoms. The van der Waals surface area contributed by atoms with Gasteiger partial charge in [0.2, 0.25) is 0 Å². The van der Waals surface area contributed by atoms with Gasteiger partial charge in [0.1, 0.15) is 4.88 Å². The molecule has 2 N–H and O–H groups in total. The number of thiazole rings is 1. The van der Waals surface area contributed by atoms with E-state index in [4.69, 9.17) is 0 Å². The number of benzene rings is 3. The maximum Gasteiger partial charge on any atom is 0.347 e. The lowest BCUT2D eigenvalue weighted by Crippen LogP contribution is -2.43. The van der Waals surface area contributed by atoms with Crippen LogP contribution in [0.4, 0.5) is 5.13 Å². The highest BCUT2D eigenvalue weighted by atomic mass is 35.5. The number of carbonyl (C=O) groups is 1. The molecule has 1 fully saturated rings. The van der Waals surface area contributed by atoms with Gasteiger partial charge in [-0.1, -0.05) is 84.1 Å². The minimum Gasteiger partial charge on any atom is -0.477 e. The van der Waals surface area contributed by atoms with Gasteiger partial charge in [0.15, 0.2) is 5.13 Å². The summed E-state index contributed by atoms with van der Waals surface area (Å²) in [6.07, 6.45) is 2.50. The summed E-state index contributed by atoms with van der Waals surface area (Å²) in [5, 5.41) is 16.5. The Morgan fingerprint density at radius 2 is 1.86 bits per heavy atom. The molecule has 0 aliphatic carbocycles. The number of nitrogens with one attached hydrogen (secondary N) is 1. The van der Waals surface area contributed by atoms with Crippen LogP contribution in [0, 0.1) is 5.92 Å². The van der Waals surface area contributed by atoms with Crippen LogP contribution in [-0.2, 0) is 0 Å². The van der Waals surface area contributed by atoms with E-state index in [1.165, 1.54) is 39.4 Å². The van der Waals surface area contributed by atoms with Crippen molar-refractivity contribution in [3.05, 3.63) is 95.0 Å². The van der Waals surface area contributed by atoms with Gasteiger partial charge in [0, 0.05) is 25.0 Å². The van der Waals surface area contributed by atoms with Crippen LogP contribution < -0.4 is 10.2 Å². The largest absolute Gasteiger partial charge is 0.477 e. The van der Waals surface area contributed by atoms with E-state index in [2.05, 4.69) is 94.9 Å². The van der Waals surface area contributed by atoms with Crippen LogP contribution in [-0.4, -0.2) is 35.7 Å². The second-order valence-corrected chi connectivity index (χ2v) is 10.0. The van der Waals surface area contributed by atoms with Gasteiger partial charge in [-0.25, -0.2) is 9.78 Å². The molecule has 1 aromatic heterocycles. The average Bonchev–Trinajstić information content (AvgIpc) is 3.38. The molecule has 0 spiro atoms. The van der Waals surface area contributed by atoms with Crippen molar-refractivity contribution in [2.75, 3.05) is 24.5 Å². The molecular weight excluding hydrogens is 478 g/mol. The van der Waals surface area contributed by atoms with Crippen molar-refractivity contribution in [2.24, 2.45) is 5.92 Å². The molecule has 5 rings (SSSR count). The number of fused-ring (bicyclic) bond motifs is 1. The van der Waals surface area contributed by atoms with Gasteiger partial charge in [-0.15, -0.1) is 12.4 Å². The smallest absolute Gasteiger partial charge is 0.347 e. The molecule has 35 heavy (non-hydrogen) atoms.